The fourth-order valence-electron chi connectivity index (χ4n) is 1.96. The molecular weight excluding hydrogens is 398 g/mol. The van der Waals surface area contributed by atoms with Gasteiger partial charge in [0, 0.05) is 31.7 Å². The quantitative estimate of drug-likeness (QED) is 0.721. The van der Waals surface area contributed by atoms with E-state index in [-0.39, 0.29) is 22.9 Å². The van der Waals surface area contributed by atoms with E-state index in [9.17, 15) is 18.0 Å². The van der Waals surface area contributed by atoms with Crippen molar-refractivity contribution in [3.05, 3.63) is 28.2 Å². The zero-order valence-electron chi connectivity index (χ0n) is 14.2. The predicted molar refractivity (Wildman–Crippen MR) is 95.3 cm³/mol. The lowest BCUT2D eigenvalue weighted by Crippen LogP contribution is -2.36. The van der Waals surface area contributed by atoms with E-state index in [2.05, 4.69) is 21.2 Å². The zero-order valence-corrected chi connectivity index (χ0v) is 16.6. The molecule has 0 unspecified atom stereocenters. The molecule has 0 saturated heterocycles. The Bertz CT molecular complexity index is 715. The summed E-state index contributed by atoms with van der Waals surface area (Å²) < 4.78 is 26.9. The third-order valence-electron chi connectivity index (χ3n) is 3.42. The van der Waals surface area contributed by atoms with Gasteiger partial charge in [0.05, 0.1) is 17.0 Å². The second-order valence-electron chi connectivity index (χ2n) is 5.20. The maximum atomic E-state index is 12.6. The molecule has 24 heavy (non-hydrogen) atoms. The van der Waals surface area contributed by atoms with Crippen LogP contribution in [0.3, 0.4) is 0 Å². The minimum Gasteiger partial charge on any atom is -0.347 e. The van der Waals surface area contributed by atoms with Crippen molar-refractivity contribution in [1.29, 1.82) is 0 Å². The first-order valence-electron chi connectivity index (χ1n) is 7.43. The molecule has 1 aromatic rings. The van der Waals surface area contributed by atoms with Crippen molar-refractivity contribution in [2.75, 3.05) is 33.7 Å². The Balaban J connectivity index is 3.10. The van der Waals surface area contributed by atoms with Gasteiger partial charge in [0.1, 0.15) is 0 Å². The maximum absolute atomic E-state index is 12.6. The van der Waals surface area contributed by atoms with Gasteiger partial charge in [-0.05, 0) is 34.1 Å². The summed E-state index contributed by atoms with van der Waals surface area (Å²) in [6.07, 6.45) is 0. The standard InChI is InChI=1S/C15H22BrN3O4S/c1-5-19(6-2)24(22,23)11-7-8-13(16)12(9-11)15(21)17-10-14(20)18(3)4/h7-9H,5-6,10H2,1-4H3,(H,17,21). The highest BCUT2D eigenvalue weighted by atomic mass is 79.9. The van der Waals surface area contributed by atoms with Crippen LogP contribution in [0.25, 0.3) is 0 Å². The van der Waals surface area contributed by atoms with Gasteiger partial charge < -0.3 is 10.2 Å². The van der Waals surface area contributed by atoms with Crippen LogP contribution in [-0.2, 0) is 14.8 Å². The molecule has 1 N–H and O–H groups in total. The van der Waals surface area contributed by atoms with Gasteiger partial charge >= 0.3 is 0 Å². The smallest absolute Gasteiger partial charge is 0.252 e. The average molecular weight is 420 g/mol. The number of nitrogens with zero attached hydrogens (tertiary/aromatic N) is 2. The Labute approximate surface area is 151 Å². The number of likely N-dealkylation sites (N-methyl/N-ethyl adjacent to an activating group) is 1. The van der Waals surface area contributed by atoms with Gasteiger partial charge in [-0.2, -0.15) is 4.31 Å². The molecule has 0 saturated carbocycles. The Hall–Kier alpha value is -1.45. The molecule has 9 heteroatoms. The third kappa shape index (κ3) is 4.78. The van der Waals surface area contributed by atoms with Crippen LogP contribution in [0.15, 0.2) is 27.6 Å². The van der Waals surface area contributed by atoms with Gasteiger partial charge in [-0.25, -0.2) is 8.42 Å². The van der Waals surface area contributed by atoms with E-state index in [0.29, 0.717) is 17.6 Å². The maximum Gasteiger partial charge on any atom is 0.252 e. The normalized spacial score (nSPS) is 11.4. The zero-order chi connectivity index (χ0) is 18.5. The average Bonchev–Trinajstić information content (AvgIpc) is 2.53. The summed E-state index contributed by atoms with van der Waals surface area (Å²) in [5, 5.41) is 2.49. The van der Waals surface area contributed by atoms with Crippen LogP contribution in [0.1, 0.15) is 24.2 Å². The highest BCUT2D eigenvalue weighted by Crippen LogP contribution is 2.23. The Kier molecular flexibility index (Phi) is 7.37. The van der Waals surface area contributed by atoms with Crippen molar-refractivity contribution in [2.45, 2.75) is 18.7 Å². The first kappa shape index (κ1) is 20.6. The number of nitrogens with one attached hydrogen (secondary N) is 1. The second-order valence-corrected chi connectivity index (χ2v) is 7.99. The van der Waals surface area contributed by atoms with Crippen molar-refractivity contribution in [1.82, 2.24) is 14.5 Å². The molecule has 0 fully saturated rings. The minimum atomic E-state index is -3.66. The van der Waals surface area contributed by atoms with Crippen molar-refractivity contribution in [2.24, 2.45) is 0 Å². The van der Waals surface area contributed by atoms with Crippen LogP contribution < -0.4 is 5.32 Å². The molecule has 134 valence electrons. The summed E-state index contributed by atoms with van der Waals surface area (Å²) in [5.74, 6) is -0.778. The summed E-state index contributed by atoms with van der Waals surface area (Å²) in [6.45, 7) is 4.02. The lowest BCUT2D eigenvalue weighted by Gasteiger charge is -2.19. The Morgan fingerprint density at radius 3 is 2.25 bits per heavy atom. The highest BCUT2D eigenvalue weighted by Gasteiger charge is 2.23. The highest BCUT2D eigenvalue weighted by molar-refractivity contribution is 9.10. The van der Waals surface area contributed by atoms with Gasteiger partial charge in [0.2, 0.25) is 15.9 Å². The summed E-state index contributed by atoms with van der Waals surface area (Å²) in [6, 6.07) is 4.27. The van der Waals surface area contributed by atoms with Crippen LogP contribution >= 0.6 is 15.9 Å². The second kappa shape index (κ2) is 8.59. The van der Waals surface area contributed by atoms with Crippen molar-refractivity contribution in [3.8, 4) is 0 Å². The van der Waals surface area contributed by atoms with Crippen LogP contribution in [-0.4, -0.2) is 63.2 Å². The van der Waals surface area contributed by atoms with Crippen LogP contribution in [0, 0.1) is 0 Å². The van der Waals surface area contributed by atoms with Crippen LogP contribution in [0.2, 0.25) is 0 Å². The van der Waals surface area contributed by atoms with E-state index in [1.807, 2.05) is 0 Å². The van der Waals surface area contributed by atoms with E-state index in [0.717, 1.165) is 0 Å². The molecule has 0 aliphatic rings. The number of sulfonamides is 1. The van der Waals surface area contributed by atoms with Crippen molar-refractivity contribution in [3.63, 3.8) is 0 Å². The summed E-state index contributed by atoms with van der Waals surface area (Å²) in [7, 11) is -0.491. The number of carbonyl (C=O) groups is 2. The van der Waals surface area contributed by atoms with E-state index in [1.54, 1.807) is 27.9 Å². The number of hydrogen-bond acceptors (Lipinski definition) is 4. The van der Waals surface area contributed by atoms with Crippen molar-refractivity contribution < 1.29 is 18.0 Å². The summed E-state index contributed by atoms with van der Waals surface area (Å²) >= 11 is 3.24. The summed E-state index contributed by atoms with van der Waals surface area (Å²) in [4.78, 5) is 25.2. The minimum absolute atomic E-state index is 0.0403. The van der Waals surface area contributed by atoms with E-state index in [4.69, 9.17) is 0 Å². The monoisotopic (exact) mass is 419 g/mol. The molecule has 0 aliphatic heterocycles. The van der Waals surface area contributed by atoms with E-state index < -0.39 is 15.9 Å². The number of benzene rings is 1. The van der Waals surface area contributed by atoms with Gasteiger partial charge in [-0.3, -0.25) is 9.59 Å². The van der Waals surface area contributed by atoms with Gasteiger partial charge in [-0.15, -0.1) is 0 Å². The van der Waals surface area contributed by atoms with E-state index in [1.165, 1.54) is 27.4 Å². The Morgan fingerprint density at radius 2 is 1.75 bits per heavy atom. The predicted octanol–water partition coefficient (Wildman–Crippen LogP) is 1.30. The van der Waals surface area contributed by atoms with Crippen molar-refractivity contribution >= 4 is 37.8 Å². The molecule has 0 atom stereocenters. The van der Waals surface area contributed by atoms with Gasteiger partial charge in [0.25, 0.3) is 5.91 Å². The molecule has 0 aromatic heterocycles. The number of rotatable bonds is 7. The molecule has 7 nitrogen and oxygen atoms in total. The van der Waals surface area contributed by atoms with Gasteiger partial charge in [-0.1, -0.05) is 13.8 Å². The number of halogens is 1. The molecule has 0 spiro atoms. The fraction of sp³-hybridized carbons (Fsp3) is 0.467. The molecule has 0 radical (unpaired) electrons. The number of hydrogen-bond donors (Lipinski definition) is 1. The Morgan fingerprint density at radius 1 is 1.17 bits per heavy atom. The van der Waals surface area contributed by atoms with E-state index >= 15 is 0 Å². The lowest BCUT2D eigenvalue weighted by molar-refractivity contribution is -0.127. The topological polar surface area (TPSA) is 86.8 Å². The summed E-state index contributed by atoms with van der Waals surface area (Å²) in [5.41, 5.74) is 0.162. The molecule has 0 heterocycles. The lowest BCUT2D eigenvalue weighted by atomic mass is 10.2. The largest absolute Gasteiger partial charge is 0.347 e. The molecule has 0 aliphatic carbocycles. The third-order valence-corrected chi connectivity index (χ3v) is 6.16. The van der Waals surface area contributed by atoms with Gasteiger partial charge in [0.15, 0.2) is 0 Å². The molecule has 1 rings (SSSR count). The molecule has 2 amide bonds. The molecular formula is C15H22BrN3O4S. The molecule has 1 aromatic carbocycles. The SMILES string of the molecule is CCN(CC)S(=O)(=O)c1ccc(Br)c(C(=O)NCC(=O)N(C)C)c1. The molecule has 0 bridgehead atoms. The first-order valence-corrected chi connectivity index (χ1v) is 9.66. The van der Waals surface area contributed by atoms with Crippen LogP contribution in [0.4, 0.5) is 0 Å². The number of amides is 2. The fourth-order valence-corrected chi connectivity index (χ4v) is 3.87. The number of carbonyl (C=O) groups excluding carboxylic acids is 2. The van der Waals surface area contributed by atoms with Crippen LogP contribution in [0.5, 0.6) is 0 Å². The first-order chi connectivity index (χ1) is 11.1.